The molecule has 0 aromatic heterocycles. The van der Waals surface area contributed by atoms with Gasteiger partial charge in [0.2, 0.25) is 0 Å². The van der Waals surface area contributed by atoms with Gasteiger partial charge >= 0.3 is 0 Å². The zero-order valence-electron chi connectivity index (χ0n) is 22.4. The van der Waals surface area contributed by atoms with Crippen molar-refractivity contribution in [3.8, 4) is 0 Å². The molecule has 0 N–H and O–H groups in total. The van der Waals surface area contributed by atoms with Gasteiger partial charge in [0.05, 0.1) is 5.41 Å². The van der Waals surface area contributed by atoms with E-state index in [9.17, 15) is 0 Å². The van der Waals surface area contributed by atoms with Crippen LogP contribution < -0.4 is 0 Å². The Morgan fingerprint density at radius 3 is 1.28 bits per heavy atom. The smallest absolute Gasteiger partial charge is 0.0549 e. The van der Waals surface area contributed by atoms with E-state index in [1.807, 2.05) is 0 Å². The molecule has 0 spiro atoms. The zero-order chi connectivity index (χ0) is 25.4. The lowest BCUT2D eigenvalue weighted by atomic mass is 9.61. The van der Waals surface area contributed by atoms with Gasteiger partial charge in [-0.05, 0) is 69.4 Å². The van der Waals surface area contributed by atoms with Gasteiger partial charge in [0, 0.05) is 5.92 Å². The molecule has 0 heterocycles. The van der Waals surface area contributed by atoms with Gasteiger partial charge < -0.3 is 0 Å². The number of aryl methyl sites for hydroxylation is 6. The molecule has 4 aromatic rings. The molecular weight excluding hydrogens is 432 g/mol. The summed E-state index contributed by atoms with van der Waals surface area (Å²) >= 11 is 0. The van der Waals surface area contributed by atoms with E-state index in [1.54, 1.807) is 0 Å². The summed E-state index contributed by atoms with van der Waals surface area (Å²) in [6.07, 6.45) is 7.24. The molecule has 4 aromatic carbocycles. The van der Waals surface area contributed by atoms with Crippen LogP contribution >= 0.6 is 0 Å². The molecule has 0 amide bonds. The third-order valence-corrected chi connectivity index (χ3v) is 7.48. The minimum atomic E-state index is -0.350. The molecule has 0 fully saturated rings. The highest BCUT2D eigenvalue weighted by Crippen LogP contribution is 2.50. The van der Waals surface area contributed by atoms with Crippen LogP contribution in [0.15, 0.2) is 103 Å². The molecular formula is C36H36. The van der Waals surface area contributed by atoms with Crippen molar-refractivity contribution in [1.82, 2.24) is 0 Å². The van der Waals surface area contributed by atoms with Gasteiger partial charge in [0.1, 0.15) is 0 Å². The lowest BCUT2D eigenvalue weighted by Crippen LogP contribution is -2.36. The maximum absolute atomic E-state index is 2.49. The fourth-order valence-corrected chi connectivity index (χ4v) is 6.29. The largest absolute Gasteiger partial charge is 0.0754 e. The molecule has 0 bridgehead atoms. The van der Waals surface area contributed by atoms with Gasteiger partial charge in [-0.15, -0.1) is 0 Å². The first-order chi connectivity index (χ1) is 17.3. The summed E-state index contributed by atoms with van der Waals surface area (Å²) in [7, 11) is 0. The lowest BCUT2D eigenvalue weighted by molar-refractivity contribution is 0.526. The Balaban J connectivity index is 1.89. The zero-order valence-corrected chi connectivity index (χ0v) is 22.4. The highest BCUT2D eigenvalue weighted by atomic mass is 14.5. The highest BCUT2D eigenvalue weighted by molar-refractivity contribution is 5.78. The second kappa shape index (κ2) is 9.43. The predicted molar refractivity (Wildman–Crippen MR) is 155 cm³/mol. The Kier molecular flexibility index (Phi) is 6.31. The van der Waals surface area contributed by atoms with Gasteiger partial charge in [-0.25, -0.2) is 0 Å². The molecule has 1 aliphatic rings. The maximum atomic E-state index is 2.49. The van der Waals surface area contributed by atoms with E-state index >= 15 is 0 Å². The Bertz CT molecular complexity index is 1290. The number of benzene rings is 4. The average Bonchev–Trinajstić information content (AvgIpc) is 3.29. The summed E-state index contributed by atoms with van der Waals surface area (Å²) in [4.78, 5) is 0. The summed E-state index contributed by atoms with van der Waals surface area (Å²) < 4.78 is 0. The van der Waals surface area contributed by atoms with E-state index in [0.717, 1.165) is 0 Å². The summed E-state index contributed by atoms with van der Waals surface area (Å²) in [5.74, 6) is 0.177. The molecule has 0 saturated heterocycles. The number of rotatable bonds is 5. The van der Waals surface area contributed by atoms with Crippen molar-refractivity contribution in [1.29, 1.82) is 0 Å². The fourth-order valence-electron chi connectivity index (χ4n) is 6.29. The normalized spacial score (nSPS) is 15.3. The van der Waals surface area contributed by atoms with Crippen LogP contribution in [0.1, 0.15) is 55.6 Å². The van der Waals surface area contributed by atoms with Crippen molar-refractivity contribution in [2.45, 2.75) is 47.0 Å². The molecule has 0 aliphatic heterocycles. The third-order valence-electron chi connectivity index (χ3n) is 7.48. The van der Waals surface area contributed by atoms with E-state index in [4.69, 9.17) is 0 Å². The highest BCUT2D eigenvalue weighted by Gasteiger charge is 2.43. The monoisotopic (exact) mass is 468 g/mol. The van der Waals surface area contributed by atoms with Crippen LogP contribution in [0.4, 0.5) is 0 Å². The molecule has 0 saturated carbocycles. The fraction of sp³-hybridized carbons (Fsp3) is 0.222. The first kappa shape index (κ1) is 24.1. The van der Waals surface area contributed by atoms with Crippen LogP contribution in [0, 0.1) is 47.5 Å². The van der Waals surface area contributed by atoms with Crippen LogP contribution in [0.3, 0.4) is 0 Å². The predicted octanol–water partition coefficient (Wildman–Crippen LogP) is 9.14. The van der Waals surface area contributed by atoms with Crippen LogP contribution in [0.25, 0.3) is 5.57 Å². The molecule has 180 valence electrons. The minimum Gasteiger partial charge on any atom is -0.0754 e. The second-order valence-electron chi connectivity index (χ2n) is 10.8. The molecule has 0 nitrogen and oxygen atoms in total. The minimum absolute atomic E-state index is 0.177. The first-order valence-corrected chi connectivity index (χ1v) is 13.0. The van der Waals surface area contributed by atoms with Crippen molar-refractivity contribution in [3.05, 3.63) is 159 Å². The van der Waals surface area contributed by atoms with Crippen LogP contribution in [0.2, 0.25) is 0 Å². The van der Waals surface area contributed by atoms with Crippen LogP contribution in [-0.2, 0) is 5.41 Å². The van der Waals surface area contributed by atoms with E-state index in [2.05, 4.69) is 145 Å². The Labute approximate surface area is 217 Å². The standard InChI is InChI=1S/C36H36/c1-24-14-25(2)18-33(17-24)36(34-19-26(3)15-27(4)20-34,35-21-28(5)16-29(6)22-35)32-13-12-31(23-32)30-10-8-7-9-11-30/h7-23,32H,1-6H3. The summed E-state index contributed by atoms with van der Waals surface area (Å²) in [5.41, 5.74) is 14.1. The maximum Gasteiger partial charge on any atom is 0.0549 e. The molecule has 1 unspecified atom stereocenters. The van der Waals surface area contributed by atoms with Gasteiger partial charge in [0.25, 0.3) is 0 Å². The third kappa shape index (κ3) is 4.37. The Hall–Kier alpha value is -3.64. The van der Waals surface area contributed by atoms with Gasteiger partial charge in [-0.3, -0.25) is 0 Å². The van der Waals surface area contributed by atoms with Gasteiger partial charge in [-0.1, -0.05) is 137 Å². The molecule has 5 rings (SSSR count). The molecule has 36 heavy (non-hydrogen) atoms. The average molecular weight is 469 g/mol. The van der Waals surface area contributed by atoms with Crippen molar-refractivity contribution >= 4 is 5.57 Å². The molecule has 1 atom stereocenters. The quantitative estimate of drug-likeness (QED) is 0.256. The SMILES string of the molecule is Cc1cc(C)cc(C(c2cc(C)cc(C)c2)(c2cc(C)cc(C)c2)C2C=CC(c3ccccc3)=C2)c1. The van der Waals surface area contributed by atoms with Crippen molar-refractivity contribution in [2.24, 2.45) is 5.92 Å². The number of hydrogen-bond acceptors (Lipinski definition) is 0. The van der Waals surface area contributed by atoms with Gasteiger partial charge in [0.15, 0.2) is 0 Å². The molecule has 1 aliphatic carbocycles. The van der Waals surface area contributed by atoms with Crippen LogP contribution in [-0.4, -0.2) is 0 Å². The van der Waals surface area contributed by atoms with Crippen molar-refractivity contribution < 1.29 is 0 Å². The van der Waals surface area contributed by atoms with E-state index in [0.29, 0.717) is 0 Å². The first-order valence-electron chi connectivity index (χ1n) is 13.0. The summed E-state index contributed by atoms with van der Waals surface area (Å²) in [5, 5.41) is 0. The van der Waals surface area contributed by atoms with Crippen LogP contribution in [0.5, 0.6) is 0 Å². The summed E-state index contributed by atoms with van der Waals surface area (Å²) in [6, 6.07) is 32.1. The van der Waals surface area contributed by atoms with Crippen molar-refractivity contribution in [2.75, 3.05) is 0 Å². The molecule has 0 heteroatoms. The van der Waals surface area contributed by atoms with E-state index < -0.39 is 0 Å². The van der Waals surface area contributed by atoms with E-state index in [-0.39, 0.29) is 11.3 Å². The summed E-state index contributed by atoms with van der Waals surface area (Å²) in [6.45, 7) is 13.3. The number of hydrogen-bond donors (Lipinski definition) is 0. The molecule has 0 radical (unpaired) electrons. The van der Waals surface area contributed by atoms with Crippen molar-refractivity contribution in [3.63, 3.8) is 0 Å². The topological polar surface area (TPSA) is 0 Å². The van der Waals surface area contributed by atoms with Gasteiger partial charge in [-0.2, -0.15) is 0 Å². The lowest BCUT2D eigenvalue weighted by Gasteiger charge is -2.41. The number of allylic oxidation sites excluding steroid dienone is 4. The Morgan fingerprint density at radius 1 is 0.500 bits per heavy atom. The second-order valence-corrected chi connectivity index (χ2v) is 10.8. The Morgan fingerprint density at radius 2 is 0.889 bits per heavy atom. The van der Waals surface area contributed by atoms with E-state index in [1.165, 1.54) is 61.2 Å².